The summed E-state index contributed by atoms with van der Waals surface area (Å²) in [5.41, 5.74) is 1.14. The van der Waals surface area contributed by atoms with E-state index in [0.717, 1.165) is 32.1 Å². The fourth-order valence-corrected chi connectivity index (χ4v) is 6.59. The van der Waals surface area contributed by atoms with Crippen molar-refractivity contribution in [2.24, 2.45) is 18.9 Å². The van der Waals surface area contributed by atoms with Gasteiger partial charge in [0.15, 0.2) is 5.78 Å². The number of carbonyl (C=O) groups excluding carboxylic acids is 4. The summed E-state index contributed by atoms with van der Waals surface area (Å²) in [6.07, 6.45) is 9.48. The fourth-order valence-electron chi connectivity index (χ4n) is 6.59. The molecule has 12 nitrogen and oxygen atoms in total. The predicted molar refractivity (Wildman–Crippen MR) is 174 cm³/mol. The van der Waals surface area contributed by atoms with E-state index in [1.54, 1.807) is 45.7 Å². The highest BCUT2D eigenvalue weighted by atomic mass is 19.1. The lowest BCUT2D eigenvalue weighted by molar-refractivity contribution is -0.134. The smallest absolute Gasteiger partial charge is 0.272 e. The minimum Gasteiger partial charge on any atom is -0.340 e. The van der Waals surface area contributed by atoms with Crippen molar-refractivity contribution in [1.82, 2.24) is 34.4 Å². The van der Waals surface area contributed by atoms with E-state index < -0.39 is 23.7 Å². The molecule has 13 heteroatoms. The van der Waals surface area contributed by atoms with Crippen molar-refractivity contribution in [2.45, 2.75) is 64.5 Å². The number of amides is 3. The molecule has 5 rings (SSSR count). The maximum Gasteiger partial charge on any atom is 0.272 e. The van der Waals surface area contributed by atoms with Crippen LogP contribution < -0.4 is 10.6 Å². The zero-order valence-corrected chi connectivity index (χ0v) is 27.5. The molecule has 2 fully saturated rings. The Labute approximate surface area is 274 Å². The second-order valence-corrected chi connectivity index (χ2v) is 12.8. The van der Waals surface area contributed by atoms with E-state index in [0.29, 0.717) is 44.0 Å². The van der Waals surface area contributed by atoms with Crippen molar-refractivity contribution in [3.8, 4) is 0 Å². The number of likely N-dealkylation sites (N-methyl/N-ethyl adjacent to an activating group) is 1. The van der Waals surface area contributed by atoms with Crippen LogP contribution in [0.15, 0.2) is 43.0 Å². The number of aromatic nitrogens is 4. The molecule has 0 bridgehead atoms. The van der Waals surface area contributed by atoms with E-state index in [1.165, 1.54) is 18.5 Å². The molecule has 252 valence electrons. The zero-order chi connectivity index (χ0) is 33.5. The SMILES string of the molecule is CCn1nccc1C(=O)C[C@H](C(=O)Nc1ccc(C[C@@H](NC(=O)c2cn(C)cn2)C(=O)N2CCN(C)CC2)cc1F)C1CCCCC1. The van der Waals surface area contributed by atoms with E-state index in [4.69, 9.17) is 0 Å². The number of nitrogens with one attached hydrogen (secondary N) is 2. The highest BCUT2D eigenvalue weighted by Gasteiger charge is 2.33. The Balaban J connectivity index is 1.31. The van der Waals surface area contributed by atoms with Crippen LogP contribution in [0.5, 0.6) is 0 Å². The molecule has 3 amide bonds. The van der Waals surface area contributed by atoms with Crippen molar-refractivity contribution in [3.05, 3.63) is 65.8 Å². The third-order valence-electron chi connectivity index (χ3n) is 9.35. The van der Waals surface area contributed by atoms with Gasteiger partial charge in [-0.25, -0.2) is 9.37 Å². The molecule has 1 saturated heterocycles. The van der Waals surface area contributed by atoms with Crippen LogP contribution in [0, 0.1) is 17.7 Å². The first-order valence-corrected chi connectivity index (χ1v) is 16.5. The zero-order valence-electron chi connectivity index (χ0n) is 27.5. The van der Waals surface area contributed by atoms with Gasteiger partial charge in [-0.2, -0.15) is 5.10 Å². The van der Waals surface area contributed by atoms with Gasteiger partial charge in [-0.05, 0) is 56.5 Å². The molecular weight excluding hydrogens is 603 g/mol. The molecule has 2 aromatic heterocycles. The fraction of sp³-hybridized carbons (Fsp3) is 0.529. The summed E-state index contributed by atoms with van der Waals surface area (Å²) < 4.78 is 18.9. The van der Waals surface area contributed by atoms with Crippen LogP contribution in [-0.2, 0) is 29.6 Å². The second kappa shape index (κ2) is 15.5. The summed E-state index contributed by atoms with van der Waals surface area (Å²) in [6, 6.07) is 5.14. The lowest BCUT2D eigenvalue weighted by Gasteiger charge is -2.34. The average Bonchev–Trinajstić information content (AvgIpc) is 3.74. The van der Waals surface area contributed by atoms with Crippen molar-refractivity contribution >= 4 is 29.2 Å². The number of piperazine rings is 1. The number of aryl methyl sites for hydroxylation is 2. The number of imidazole rings is 1. The highest BCUT2D eigenvalue weighted by Crippen LogP contribution is 2.34. The third-order valence-corrected chi connectivity index (χ3v) is 9.35. The number of nitrogens with zero attached hydrogens (tertiary/aromatic N) is 6. The van der Waals surface area contributed by atoms with Crippen molar-refractivity contribution in [2.75, 3.05) is 38.5 Å². The van der Waals surface area contributed by atoms with E-state index >= 15 is 4.39 Å². The number of hydrogen-bond donors (Lipinski definition) is 2. The largest absolute Gasteiger partial charge is 0.340 e. The minimum atomic E-state index is -0.939. The van der Waals surface area contributed by atoms with Crippen molar-refractivity contribution < 1.29 is 23.6 Å². The topological polar surface area (TPSA) is 134 Å². The van der Waals surface area contributed by atoms with Gasteiger partial charge in [-0.3, -0.25) is 23.9 Å². The van der Waals surface area contributed by atoms with Gasteiger partial charge in [0.05, 0.1) is 12.0 Å². The Morgan fingerprint density at radius 1 is 1.02 bits per heavy atom. The number of ketones is 1. The Morgan fingerprint density at radius 3 is 2.43 bits per heavy atom. The summed E-state index contributed by atoms with van der Waals surface area (Å²) in [5, 5.41) is 9.76. The summed E-state index contributed by atoms with van der Waals surface area (Å²) in [4.78, 5) is 61.5. The molecular formula is C34H45FN8O4. The average molecular weight is 649 g/mol. The van der Waals surface area contributed by atoms with Gasteiger partial charge in [0, 0.05) is 70.9 Å². The number of anilines is 1. The van der Waals surface area contributed by atoms with Crippen LogP contribution >= 0.6 is 0 Å². The van der Waals surface area contributed by atoms with Crippen LogP contribution in [0.2, 0.25) is 0 Å². The molecule has 2 aliphatic rings. The van der Waals surface area contributed by atoms with Gasteiger partial charge in [-0.1, -0.05) is 25.3 Å². The summed E-state index contributed by atoms with van der Waals surface area (Å²) in [5.74, 6) is -2.51. The highest BCUT2D eigenvalue weighted by molar-refractivity contribution is 6.00. The second-order valence-electron chi connectivity index (χ2n) is 12.8. The van der Waals surface area contributed by atoms with E-state index in [9.17, 15) is 19.2 Å². The first-order valence-electron chi connectivity index (χ1n) is 16.5. The molecule has 1 aliphatic heterocycles. The van der Waals surface area contributed by atoms with Gasteiger partial charge < -0.3 is 25.0 Å². The maximum atomic E-state index is 15.6. The Kier molecular flexibility index (Phi) is 11.2. The molecule has 1 aromatic carbocycles. The number of Topliss-reactive ketones (excluding diaryl/α,β-unsaturated/α-hetero) is 1. The first kappa shape index (κ1) is 34.0. The Hall–Kier alpha value is -4.39. The lowest BCUT2D eigenvalue weighted by atomic mass is 9.77. The molecule has 47 heavy (non-hydrogen) atoms. The molecule has 0 unspecified atom stereocenters. The van der Waals surface area contributed by atoms with Gasteiger partial charge in [-0.15, -0.1) is 0 Å². The van der Waals surface area contributed by atoms with Gasteiger partial charge >= 0.3 is 0 Å². The lowest BCUT2D eigenvalue weighted by Crippen LogP contribution is -2.55. The monoisotopic (exact) mass is 648 g/mol. The summed E-state index contributed by atoms with van der Waals surface area (Å²) >= 11 is 0. The van der Waals surface area contributed by atoms with Crippen LogP contribution in [0.4, 0.5) is 10.1 Å². The minimum absolute atomic E-state index is 0.00470. The van der Waals surface area contributed by atoms with E-state index in [2.05, 4.69) is 25.6 Å². The Morgan fingerprint density at radius 2 is 1.77 bits per heavy atom. The number of rotatable bonds is 12. The quantitative estimate of drug-likeness (QED) is 0.288. The summed E-state index contributed by atoms with van der Waals surface area (Å²) in [6.45, 7) is 4.92. The maximum absolute atomic E-state index is 15.6. The van der Waals surface area contributed by atoms with Gasteiger partial charge in [0.25, 0.3) is 5.91 Å². The van der Waals surface area contributed by atoms with E-state index in [-0.39, 0.29) is 47.7 Å². The molecule has 2 atom stereocenters. The number of hydrogen-bond acceptors (Lipinski definition) is 7. The third kappa shape index (κ3) is 8.51. The molecule has 1 saturated carbocycles. The predicted octanol–water partition coefficient (Wildman–Crippen LogP) is 3.30. The molecule has 3 aromatic rings. The molecule has 0 spiro atoms. The van der Waals surface area contributed by atoms with Crippen LogP contribution in [0.1, 0.15) is 72.0 Å². The number of benzene rings is 1. The van der Waals surface area contributed by atoms with Gasteiger partial charge in [0.2, 0.25) is 11.8 Å². The van der Waals surface area contributed by atoms with E-state index in [1.807, 2.05) is 14.0 Å². The van der Waals surface area contributed by atoms with Crippen LogP contribution in [0.3, 0.4) is 0 Å². The first-order chi connectivity index (χ1) is 22.6. The van der Waals surface area contributed by atoms with Gasteiger partial charge in [0.1, 0.15) is 23.2 Å². The summed E-state index contributed by atoms with van der Waals surface area (Å²) in [7, 11) is 3.74. The standard InChI is InChI=1S/C34H45FN8O4/c1-4-43-30(12-13-37-43)31(44)20-25(24-8-6-5-7-9-24)32(45)38-27-11-10-23(18-26(27)35)19-28(34(47)42-16-14-40(2)15-17-42)39-33(46)29-21-41(3)22-36-29/h10-13,18,21-22,24-25,28H,4-9,14-17,19-20H2,1-3H3,(H,38,45)(H,39,46)/t25-,28+/m0/s1. The molecule has 2 N–H and O–H groups in total. The Bertz CT molecular complexity index is 1570. The van der Waals surface area contributed by atoms with Crippen LogP contribution in [-0.4, -0.2) is 91.9 Å². The molecule has 0 radical (unpaired) electrons. The molecule has 3 heterocycles. The number of carbonyl (C=O) groups is 4. The van der Waals surface area contributed by atoms with Crippen molar-refractivity contribution in [3.63, 3.8) is 0 Å². The molecule has 1 aliphatic carbocycles. The normalized spacial score (nSPS) is 17.2. The number of halogens is 1. The van der Waals surface area contributed by atoms with Crippen LogP contribution in [0.25, 0.3) is 0 Å². The van der Waals surface area contributed by atoms with Crippen molar-refractivity contribution in [1.29, 1.82) is 0 Å².